The highest BCUT2D eigenvalue weighted by Gasteiger charge is 2.10. The van der Waals surface area contributed by atoms with Gasteiger partial charge >= 0.3 is 0 Å². The summed E-state index contributed by atoms with van der Waals surface area (Å²) in [4.78, 5) is 0. The number of hydrogen-bond donors (Lipinski definition) is 1. The Morgan fingerprint density at radius 1 is 1.11 bits per heavy atom. The van der Waals surface area contributed by atoms with Crippen LogP contribution in [0, 0.1) is 6.92 Å². The molecule has 0 aliphatic heterocycles. The zero-order valence-corrected chi connectivity index (χ0v) is 12.1. The first kappa shape index (κ1) is 13.1. The molecule has 2 rings (SSSR count). The van der Waals surface area contributed by atoms with Crippen LogP contribution in [0.4, 0.5) is 0 Å². The largest absolute Gasteiger partial charge is 0.457 e. The Morgan fingerprint density at radius 2 is 1.83 bits per heavy atom. The first-order valence-corrected chi connectivity index (χ1v) is 6.65. The van der Waals surface area contributed by atoms with Crippen molar-refractivity contribution in [3.8, 4) is 11.5 Å². The normalized spacial score (nSPS) is 12.2. The van der Waals surface area contributed by atoms with Crippen molar-refractivity contribution in [3.05, 3.63) is 58.1 Å². The second-order valence-electron chi connectivity index (χ2n) is 4.34. The minimum atomic E-state index is -0.0582. The number of aryl methyl sites for hydroxylation is 1. The van der Waals surface area contributed by atoms with Crippen molar-refractivity contribution in [1.29, 1.82) is 0 Å². The lowest BCUT2D eigenvalue weighted by Gasteiger charge is -2.15. The number of hydrogen-bond acceptors (Lipinski definition) is 2. The van der Waals surface area contributed by atoms with Crippen LogP contribution in [0.2, 0.25) is 0 Å². The van der Waals surface area contributed by atoms with Crippen LogP contribution in [0.5, 0.6) is 11.5 Å². The fourth-order valence-corrected chi connectivity index (χ4v) is 2.10. The highest BCUT2D eigenvalue weighted by Crippen LogP contribution is 2.32. The summed E-state index contributed by atoms with van der Waals surface area (Å²) in [5, 5.41) is 0. The molecule has 0 aliphatic rings. The van der Waals surface area contributed by atoms with Crippen LogP contribution in [0.15, 0.2) is 46.9 Å². The Hall–Kier alpha value is -1.32. The number of nitrogens with two attached hydrogens (primary N) is 1. The van der Waals surface area contributed by atoms with Gasteiger partial charge in [0.2, 0.25) is 0 Å². The summed E-state index contributed by atoms with van der Waals surface area (Å²) in [6, 6.07) is 13.8. The first-order valence-electron chi connectivity index (χ1n) is 5.86. The standard InChI is InChI=1S/C15H16BrNO/c1-10-5-3-4-6-14(10)18-15-9-12(16)7-8-13(15)11(2)17/h3-9,11H,17H2,1-2H3. The molecular weight excluding hydrogens is 290 g/mol. The molecule has 2 aromatic carbocycles. The van der Waals surface area contributed by atoms with Gasteiger partial charge in [0.25, 0.3) is 0 Å². The molecule has 0 saturated carbocycles. The third kappa shape index (κ3) is 2.92. The minimum absolute atomic E-state index is 0.0582. The van der Waals surface area contributed by atoms with Gasteiger partial charge in [-0.15, -0.1) is 0 Å². The summed E-state index contributed by atoms with van der Waals surface area (Å²) in [5.74, 6) is 1.66. The van der Waals surface area contributed by atoms with E-state index in [-0.39, 0.29) is 6.04 Å². The van der Waals surface area contributed by atoms with Crippen LogP contribution in [-0.4, -0.2) is 0 Å². The lowest BCUT2D eigenvalue weighted by atomic mass is 10.1. The molecule has 18 heavy (non-hydrogen) atoms. The summed E-state index contributed by atoms with van der Waals surface area (Å²) in [6.07, 6.45) is 0. The maximum Gasteiger partial charge on any atom is 0.133 e. The Balaban J connectivity index is 2.39. The number of benzene rings is 2. The van der Waals surface area contributed by atoms with E-state index in [2.05, 4.69) is 15.9 Å². The quantitative estimate of drug-likeness (QED) is 0.901. The monoisotopic (exact) mass is 305 g/mol. The van der Waals surface area contributed by atoms with E-state index >= 15 is 0 Å². The van der Waals surface area contributed by atoms with Crippen molar-refractivity contribution >= 4 is 15.9 Å². The molecule has 0 bridgehead atoms. The van der Waals surface area contributed by atoms with E-state index in [0.717, 1.165) is 27.1 Å². The van der Waals surface area contributed by atoms with Gasteiger partial charge in [-0.05, 0) is 37.6 Å². The zero-order valence-electron chi connectivity index (χ0n) is 10.5. The predicted octanol–water partition coefficient (Wildman–Crippen LogP) is 4.57. The average molecular weight is 306 g/mol. The molecule has 2 N–H and O–H groups in total. The third-order valence-corrected chi connectivity index (χ3v) is 3.27. The van der Waals surface area contributed by atoms with E-state index in [1.807, 2.05) is 56.3 Å². The van der Waals surface area contributed by atoms with Gasteiger partial charge in [0.1, 0.15) is 11.5 Å². The Bertz CT molecular complexity index is 552. The van der Waals surface area contributed by atoms with Gasteiger partial charge in [-0.3, -0.25) is 0 Å². The minimum Gasteiger partial charge on any atom is -0.457 e. The zero-order chi connectivity index (χ0) is 13.1. The average Bonchev–Trinajstić information content (AvgIpc) is 2.32. The van der Waals surface area contributed by atoms with Gasteiger partial charge in [0.15, 0.2) is 0 Å². The molecule has 94 valence electrons. The molecular formula is C15H16BrNO. The number of halogens is 1. The molecule has 3 heteroatoms. The van der Waals surface area contributed by atoms with Crippen molar-refractivity contribution in [2.24, 2.45) is 5.73 Å². The van der Waals surface area contributed by atoms with Crippen LogP contribution >= 0.6 is 15.9 Å². The molecule has 2 nitrogen and oxygen atoms in total. The van der Waals surface area contributed by atoms with Crippen LogP contribution in [-0.2, 0) is 0 Å². The fraction of sp³-hybridized carbons (Fsp3) is 0.200. The van der Waals surface area contributed by atoms with Gasteiger partial charge in [-0.25, -0.2) is 0 Å². The Kier molecular flexibility index (Phi) is 4.04. The molecule has 2 aromatic rings. The molecule has 0 aliphatic carbocycles. The maximum atomic E-state index is 5.97. The van der Waals surface area contributed by atoms with Gasteiger partial charge < -0.3 is 10.5 Å². The van der Waals surface area contributed by atoms with Crippen LogP contribution in [0.25, 0.3) is 0 Å². The molecule has 1 unspecified atom stereocenters. The first-order chi connectivity index (χ1) is 8.58. The molecule has 1 atom stereocenters. The van der Waals surface area contributed by atoms with Crippen LogP contribution in [0.1, 0.15) is 24.1 Å². The SMILES string of the molecule is Cc1ccccc1Oc1cc(Br)ccc1C(C)N. The number of rotatable bonds is 3. The van der Waals surface area contributed by atoms with E-state index in [0.29, 0.717) is 0 Å². The maximum absolute atomic E-state index is 5.97. The topological polar surface area (TPSA) is 35.2 Å². The molecule has 0 radical (unpaired) electrons. The number of ether oxygens (including phenoxy) is 1. The molecule has 0 aromatic heterocycles. The predicted molar refractivity (Wildman–Crippen MR) is 78.0 cm³/mol. The Labute approximate surface area is 116 Å². The summed E-state index contributed by atoms with van der Waals surface area (Å²) >= 11 is 3.46. The lowest BCUT2D eigenvalue weighted by molar-refractivity contribution is 0.468. The van der Waals surface area contributed by atoms with E-state index in [4.69, 9.17) is 10.5 Å². The van der Waals surface area contributed by atoms with Crippen molar-refractivity contribution in [2.75, 3.05) is 0 Å². The molecule has 0 fully saturated rings. The fourth-order valence-electron chi connectivity index (χ4n) is 1.76. The highest BCUT2D eigenvalue weighted by atomic mass is 79.9. The van der Waals surface area contributed by atoms with Gasteiger partial charge in [0.05, 0.1) is 0 Å². The van der Waals surface area contributed by atoms with E-state index < -0.39 is 0 Å². The number of para-hydroxylation sites is 1. The molecule has 0 heterocycles. The second kappa shape index (κ2) is 5.55. The smallest absolute Gasteiger partial charge is 0.133 e. The summed E-state index contributed by atoms with van der Waals surface area (Å²) in [5.41, 5.74) is 8.07. The van der Waals surface area contributed by atoms with Crippen molar-refractivity contribution in [1.82, 2.24) is 0 Å². The van der Waals surface area contributed by atoms with E-state index in [1.54, 1.807) is 0 Å². The molecule has 0 amide bonds. The van der Waals surface area contributed by atoms with Gasteiger partial charge in [0, 0.05) is 16.1 Å². The second-order valence-corrected chi connectivity index (χ2v) is 5.25. The van der Waals surface area contributed by atoms with Crippen molar-refractivity contribution in [2.45, 2.75) is 19.9 Å². The third-order valence-electron chi connectivity index (χ3n) is 2.78. The van der Waals surface area contributed by atoms with Crippen molar-refractivity contribution in [3.63, 3.8) is 0 Å². The van der Waals surface area contributed by atoms with Gasteiger partial charge in [-0.2, -0.15) is 0 Å². The van der Waals surface area contributed by atoms with E-state index in [1.165, 1.54) is 0 Å². The highest BCUT2D eigenvalue weighted by molar-refractivity contribution is 9.10. The molecule has 0 spiro atoms. The van der Waals surface area contributed by atoms with Crippen LogP contribution < -0.4 is 10.5 Å². The summed E-state index contributed by atoms with van der Waals surface area (Å²) in [6.45, 7) is 3.98. The summed E-state index contributed by atoms with van der Waals surface area (Å²) in [7, 11) is 0. The van der Waals surface area contributed by atoms with E-state index in [9.17, 15) is 0 Å². The lowest BCUT2D eigenvalue weighted by Crippen LogP contribution is -2.06. The summed E-state index contributed by atoms with van der Waals surface area (Å²) < 4.78 is 6.95. The van der Waals surface area contributed by atoms with Crippen molar-refractivity contribution < 1.29 is 4.74 Å². The Morgan fingerprint density at radius 3 is 2.50 bits per heavy atom. The molecule has 0 saturated heterocycles. The van der Waals surface area contributed by atoms with Gasteiger partial charge in [-0.1, -0.05) is 40.2 Å². The van der Waals surface area contributed by atoms with Crippen LogP contribution in [0.3, 0.4) is 0 Å².